The van der Waals surface area contributed by atoms with E-state index >= 15 is 0 Å². The Bertz CT molecular complexity index is 1970. The van der Waals surface area contributed by atoms with Gasteiger partial charge in [0.1, 0.15) is 35.1 Å². The maximum atomic E-state index is 14.6. The Hall–Kier alpha value is -4.48. The molecule has 2 aromatic carbocycles. The Balaban J connectivity index is 1.51. The lowest BCUT2D eigenvalue weighted by Crippen LogP contribution is -2.53. The molecule has 1 aliphatic rings. The predicted octanol–water partition coefficient (Wildman–Crippen LogP) is 6.77. The number of thiophene rings is 1. The minimum atomic E-state index is -1.64. The fourth-order valence-corrected chi connectivity index (χ4v) is 7.52. The summed E-state index contributed by atoms with van der Waals surface area (Å²) < 4.78 is 26.4. The van der Waals surface area contributed by atoms with Crippen molar-refractivity contribution in [3.8, 4) is 16.5 Å². The molecule has 1 fully saturated rings. The molecule has 1 saturated carbocycles. The monoisotopic (exact) mass is 657 g/mol. The van der Waals surface area contributed by atoms with Gasteiger partial charge in [-0.1, -0.05) is 67.8 Å². The summed E-state index contributed by atoms with van der Waals surface area (Å²) in [5.41, 5.74) is -0.675. The molecule has 11 heteroatoms. The van der Waals surface area contributed by atoms with E-state index in [0.717, 1.165) is 47.8 Å². The van der Waals surface area contributed by atoms with Gasteiger partial charge in [-0.25, -0.2) is 19.1 Å². The first kappa shape index (κ1) is 32.5. The summed E-state index contributed by atoms with van der Waals surface area (Å²) in [6.45, 7) is 4.95. The largest absolute Gasteiger partial charge is 0.496 e. The summed E-state index contributed by atoms with van der Waals surface area (Å²) in [6.07, 6.45) is 7.57. The number of oxazole rings is 1. The maximum absolute atomic E-state index is 14.6. The van der Waals surface area contributed by atoms with Crippen LogP contribution in [0.15, 0.2) is 81.1 Å². The van der Waals surface area contributed by atoms with Gasteiger partial charge in [0.25, 0.3) is 5.56 Å². The number of rotatable bonds is 11. The topological polar surface area (TPSA) is 115 Å². The molecule has 0 saturated heterocycles. The third-order valence-electron chi connectivity index (χ3n) is 8.85. The lowest BCUT2D eigenvalue weighted by Gasteiger charge is -2.30. The predicted molar refractivity (Wildman–Crippen MR) is 180 cm³/mol. The molecule has 1 aliphatic carbocycles. The van der Waals surface area contributed by atoms with Gasteiger partial charge in [-0.2, -0.15) is 0 Å². The fourth-order valence-electron chi connectivity index (χ4n) is 6.28. The van der Waals surface area contributed by atoms with Crippen molar-refractivity contribution in [3.05, 3.63) is 105 Å². The average molecular weight is 658 g/mol. The van der Waals surface area contributed by atoms with Gasteiger partial charge in [-0.3, -0.25) is 9.36 Å². The van der Waals surface area contributed by atoms with Gasteiger partial charge in [0, 0.05) is 5.56 Å². The van der Waals surface area contributed by atoms with Gasteiger partial charge in [0.15, 0.2) is 0 Å². The van der Waals surface area contributed by atoms with E-state index in [-0.39, 0.29) is 19.3 Å². The third kappa shape index (κ3) is 6.42. The fraction of sp³-hybridized carbons (Fsp3) is 0.389. The van der Waals surface area contributed by atoms with Crippen LogP contribution in [-0.2, 0) is 33.0 Å². The Morgan fingerprint density at radius 3 is 2.49 bits per heavy atom. The van der Waals surface area contributed by atoms with E-state index in [4.69, 9.17) is 18.6 Å². The molecule has 0 unspecified atom stereocenters. The van der Waals surface area contributed by atoms with E-state index in [1.165, 1.54) is 37.6 Å². The zero-order valence-electron chi connectivity index (χ0n) is 27.1. The van der Waals surface area contributed by atoms with Crippen molar-refractivity contribution in [3.63, 3.8) is 0 Å². The molecular formula is C36H39N3O7S. The van der Waals surface area contributed by atoms with Crippen molar-refractivity contribution < 1.29 is 23.4 Å². The van der Waals surface area contributed by atoms with Crippen molar-refractivity contribution in [1.82, 2.24) is 14.1 Å². The summed E-state index contributed by atoms with van der Waals surface area (Å²) in [5, 5.41) is 0.308. The number of benzene rings is 2. The van der Waals surface area contributed by atoms with E-state index in [1.54, 1.807) is 18.6 Å². The van der Waals surface area contributed by atoms with Crippen LogP contribution in [0.1, 0.15) is 68.7 Å². The van der Waals surface area contributed by atoms with Crippen LogP contribution < -0.4 is 16.0 Å². The lowest BCUT2D eigenvalue weighted by molar-refractivity contribution is -0.154. The number of nitrogens with zero attached hydrogens (tertiary/aromatic N) is 3. The maximum Gasteiger partial charge on any atom is 0.333 e. The van der Waals surface area contributed by atoms with Crippen LogP contribution in [-0.4, -0.2) is 33.3 Å². The number of para-hydroxylation sites is 1. The van der Waals surface area contributed by atoms with Gasteiger partial charge in [0.05, 0.1) is 36.2 Å². The van der Waals surface area contributed by atoms with Crippen LogP contribution in [0.5, 0.6) is 5.75 Å². The van der Waals surface area contributed by atoms with Gasteiger partial charge in [-0.05, 0) is 50.8 Å². The Morgan fingerprint density at radius 2 is 1.79 bits per heavy atom. The molecule has 1 atom stereocenters. The minimum Gasteiger partial charge on any atom is -0.496 e. The summed E-state index contributed by atoms with van der Waals surface area (Å²) in [7, 11) is 1.61. The van der Waals surface area contributed by atoms with Crippen LogP contribution >= 0.6 is 11.3 Å². The normalized spacial score (nSPS) is 14.7. The Morgan fingerprint density at radius 1 is 1.06 bits per heavy atom. The molecule has 0 amide bonds. The second-order valence-electron chi connectivity index (χ2n) is 12.4. The van der Waals surface area contributed by atoms with Crippen LogP contribution in [0.4, 0.5) is 0 Å². The van der Waals surface area contributed by atoms with E-state index in [2.05, 4.69) is 4.98 Å². The molecule has 10 nitrogen and oxygen atoms in total. The first-order valence-electron chi connectivity index (χ1n) is 15.9. The second-order valence-corrected chi connectivity index (χ2v) is 13.4. The SMILES string of the molecule is COc1ccccc1[C@H](Cn1c(=O)n(C(C)(C)C(=O)OCc2ccccc2)c(=O)c2c(C)c(-c3ncco3)sc21)OC1CCCCC1. The third-order valence-corrected chi connectivity index (χ3v) is 10.2. The molecule has 5 aromatic rings. The number of aromatic nitrogens is 3. The molecule has 0 spiro atoms. The lowest BCUT2D eigenvalue weighted by atomic mass is 9.97. The summed E-state index contributed by atoms with van der Waals surface area (Å²) in [6, 6.07) is 16.9. The number of fused-ring (bicyclic) bond motifs is 1. The molecule has 246 valence electrons. The molecule has 47 heavy (non-hydrogen) atoms. The highest BCUT2D eigenvalue weighted by molar-refractivity contribution is 7.22. The zero-order chi connectivity index (χ0) is 33.1. The summed E-state index contributed by atoms with van der Waals surface area (Å²) >= 11 is 1.26. The van der Waals surface area contributed by atoms with Crippen molar-refractivity contribution in [2.24, 2.45) is 0 Å². The van der Waals surface area contributed by atoms with E-state index in [1.807, 2.05) is 54.6 Å². The quantitative estimate of drug-likeness (QED) is 0.143. The van der Waals surface area contributed by atoms with Gasteiger partial charge in [-0.15, -0.1) is 11.3 Å². The Kier molecular flexibility index (Phi) is 9.47. The number of carbonyl (C=O) groups excluding carboxylic acids is 1. The van der Waals surface area contributed by atoms with Crippen molar-refractivity contribution in [2.75, 3.05) is 7.11 Å². The number of hydrogen-bond acceptors (Lipinski definition) is 9. The molecule has 0 radical (unpaired) electrons. The van der Waals surface area contributed by atoms with Crippen molar-refractivity contribution in [2.45, 2.75) is 83.8 Å². The van der Waals surface area contributed by atoms with Crippen LogP contribution in [0.2, 0.25) is 0 Å². The zero-order valence-corrected chi connectivity index (χ0v) is 27.9. The highest BCUT2D eigenvalue weighted by atomic mass is 32.1. The second kappa shape index (κ2) is 13.7. The summed E-state index contributed by atoms with van der Waals surface area (Å²) in [5.74, 6) is 0.278. The number of aryl methyl sites for hydroxylation is 1. The summed E-state index contributed by atoms with van der Waals surface area (Å²) in [4.78, 5) is 48.1. The van der Waals surface area contributed by atoms with Crippen LogP contribution in [0.3, 0.4) is 0 Å². The van der Waals surface area contributed by atoms with Gasteiger partial charge >= 0.3 is 11.7 Å². The smallest absolute Gasteiger partial charge is 0.333 e. The molecule has 0 aliphatic heterocycles. The highest BCUT2D eigenvalue weighted by Crippen LogP contribution is 2.38. The standard InChI is InChI=1S/C36H39N3O7S/c1-23-29-32(40)39(36(2,3)34(41)45-22-24-13-7-5-8-14-24)35(42)38(33(29)47-30(23)31-37-19-20-44-31)21-28(46-25-15-9-6-10-16-25)26-17-11-12-18-27(26)43-4/h5,7-8,11-14,17-20,25,28H,6,9-10,15-16,21-22H2,1-4H3/t28-/m0/s1. The van der Waals surface area contributed by atoms with Gasteiger partial charge < -0.3 is 18.6 Å². The molecule has 0 N–H and O–H groups in total. The molecular weight excluding hydrogens is 618 g/mol. The number of methoxy groups -OCH3 is 1. The van der Waals surface area contributed by atoms with E-state index in [9.17, 15) is 14.4 Å². The Labute approximate surface area is 276 Å². The molecule has 0 bridgehead atoms. The highest BCUT2D eigenvalue weighted by Gasteiger charge is 2.38. The average Bonchev–Trinajstić information content (AvgIpc) is 3.74. The van der Waals surface area contributed by atoms with Crippen LogP contribution in [0, 0.1) is 6.92 Å². The number of esters is 1. The number of carbonyl (C=O) groups is 1. The minimum absolute atomic E-state index is 0.00514. The van der Waals surface area contributed by atoms with Crippen molar-refractivity contribution in [1.29, 1.82) is 0 Å². The van der Waals surface area contributed by atoms with Crippen LogP contribution in [0.25, 0.3) is 21.0 Å². The van der Waals surface area contributed by atoms with E-state index in [0.29, 0.717) is 32.3 Å². The van der Waals surface area contributed by atoms with Gasteiger partial charge in [0.2, 0.25) is 5.89 Å². The number of hydrogen-bond donors (Lipinski definition) is 0. The van der Waals surface area contributed by atoms with Crippen molar-refractivity contribution >= 4 is 27.5 Å². The molecule has 6 rings (SSSR count). The van der Waals surface area contributed by atoms with E-state index < -0.39 is 28.9 Å². The number of ether oxygens (including phenoxy) is 3. The first-order valence-corrected chi connectivity index (χ1v) is 16.7. The first-order chi connectivity index (χ1) is 22.7. The molecule has 3 aromatic heterocycles. The molecule has 3 heterocycles.